The Kier molecular flexibility index (Phi) is 3.26. The maximum absolute atomic E-state index is 14.5. The summed E-state index contributed by atoms with van der Waals surface area (Å²) in [5.41, 5.74) is 6.83. The van der Waals surface area contributed by atoms with E-state index in [4.69, 9.17) is 5.73 Å². The molecule has 2 aliphatic heterocycles. The Morgan fingerprint density at radius 2 is 2.13 bits per heavy atom. The number of hydrogen-bond donors (Lipinski definition) is 2. The smallest absolute Gasteiger partial charge is 0.333 e. The van der Waals surface area contributed by atoms with Crippen LogP contribution >= 0.6 is 0 Å². The Bertz CT molecular complexity index is 702. The maximum atomic E-state index is 14.5. The van der Waals surface area contributed by atoms with Gasteiger partial charge in [-0.15, -0.1) is 0 Å². The predicted octanol–water partition coefficient (Wildman–Crippen LogP) is 1.25. The van der Waals surface area contributed by atoms with Crippen molar-refractivity contribution in [2.45, 2.75) is 37.8 Å². The molecule has 1 atom stereocenters. The van der Waals surface area contributed by atoms with E-state index in [9.17, 15) is 14.3 Å². The van der Waals surface area contributed by atoms with Gasteiger partial charge in [-0.25, -0.2) is 14.2 Å². The predicted molar refractivity (Wildman–Crippen MR) is 83.9 cm³/mol. The van der Waals surface area contributed by atoms with E-state index in [0.717, 1.165) is 19.3 Å². The van der Waals surface area contributed by atoms with Gasteiger partial charge in [0.05, 0.1) is 5.57 Å². The number of carboxylic acids is 1. The summed E-state index contributed by atoms with van der Waals surface area (Å²) in [6.45, 7) is 1.30. The van der Waals surface area contributed by atoms with Crippen molar-refractivity contribution in [2.24, 2.45) is 5.73 Å². The number of fused-ring (bicyclic) bond motifs is 1. The van der Waals surface area contributed by atoms with Crippen LogP contribution < -0.4 is 15.5 Å². The Hall–Kier alpha value is -2.15. The molecule has 0 spiro atoms. The molecule has 7 heteroatoms. The third-order valence-electron chi connectivity index (χ3n) is 4.67. The number of carbonyl (C=O) groups is 1. The second-order valence-corrected chi connectivity index (χ2v) is 6.55. The number of rotatable bonds is 3. The molecule has 1 aromatic heterocycles. The fraction of sp³-hybridized carbons (Fsp3) is 0.500. The molecule has 1 aromatic rings. The average molecular weight is 318 g/mol. The molecule has 0 radical (unpaired) electrons. The van der Waals surface area contributed by atoms with Crippen LogP contribution in [0.25, 0.3) is 0 Å². The Morgan fingerprint density at radius 3 is 2.74 bits per heavy atom. The van der Waals surface area contributed by atoms with Gasteiger partial charge in [-0.3, -0.25) is 0 Å². The quantitative estimate of drug-likeness (QED) is 0.873. The van der Waals surface area contributed by atoms with Crippen LogP contribution in [-0.2, 0) is 11.2 Å². The van der Waals surface area contributed by atoms with Crippen LogP contribution in [0, 0.1) is 5.82 Å². The highest BCUT2D eigenvalue weighted by atomic mass is 19.1. The number of anilines is 2. The summed E-state index contributed by atoms with van der Waals surface area (Å²) in [6, 6.07) is 1.76. The number of nitrogens with two attached hydrogens (primary N) is 1. The van der Waals surface area contributed by atoms with Gasteiger partial charge in [-0.2, -0.15) is 0 Å². The van der Waals surface area contributed by atoms with Crippen molar-refractivity contribution in [2.75, 3.05) is 22.9 Å². The molecule has 122 valence electrons. The number of nitrogens with zero attached hydrogens (tertiary/aromatic N) is 3. The average Bonchev–Trinajstić information content (AvgIpc) is 3.27. The zero-order valence-electron chi connectivity index (χ0n) is 12.7. The molecule has 0 aromatic carbocycles. The summed E-state index contributed by atoms with van der Waals surface area (Å²) < 4.78 is 14.5. The first-order valence-electron chi connectivity index (χ1n) is 7.95. The molecule has 0 amide bonds. The second-order valence-electron chi connectivity index (χ2n) is 6.55. The highest BCUT2D eigenvalue weighted by Gasteiger charge is 2.35. The lowest BCUT2D eigenvalue weighted by molar-refractivity contribution is -0.132. The van der Waals surface area contributed by atoms with Crippen molar-refractivity contribution in [1.29, 1.82) is 0 Å². The first-order valence-corrected chi connectivity index (χ1v) is 7.95. The van der Waals surface area contributed by atoms with E-state index in [2.05, 4.69) is 4.98 Å². The van der Waals surface area contributed by atoms with E-state index in [1.54, 1.807) is 6.20 Å². The third kappa shape index (κ3) is 2.55. The topological polar surface area (TPSA) is 82.7 Å². The molecule has 1 saturated heterocycles. The van der Waals surface area contributed by atoms with E-state index in [0.29, 0.717) is 30.3 Å². The van der Waals surface area contributed by atoms with Crippen molar-refractivity contribution >= 4 is 17.6 Å². The van der Waals surface area contributed by atoms with Crippen LogP contribution in [-0.4, -0.2) is 41.2 Å². The number of pyridine rings is 1. The van der Waals surface area contributed by atoms with E-state index in [-0.39, 0.29) is 24.1 Å². The molecule has 23 heavy (non-hydrogen) atoms. The van der Waals surface area contributed by atoms with Gasteiger partial charge in [-0.05, 0) is 25.3 Å². The van der Waals surface area contributed by atoms with Crippen LogP contribution in [0.15, 0.2) is 17.8 Å². The second kappa shape index (κ2) is 5.19. The lowest BCUT2D eigenvalue weighted by Crippen LogP contribution is -2.31. The number of aliphatic carboxylic acids is 1. The fourth-order valence-corrected chi connectivity index (χ4v) is 3.30. The van der Waals surface area contributed by atoms with Crippen molar-refractivity contribution in [1.82, 2.24) is 4.98 Å². The first-order chi connectivity index (χ1) is 11.0. The van der Waals surface area contributed by atoms with Gasteiger partial charge < -0.3 is 20.6 Å². The maximum Gasteiger partial charge on any atom is 0.333 e. The Morgan fingerprint density at radius 1 is 1.35 bits per heavy atom. The summed E-state index contributed by atoms with van der Waals surface area (Å²) in [7, 11) is 0. The molecule has 1 aliphatic carbocycles. The number of carboxylic acid groups (broad SMARTS) is 1. The van der Waals surface area contributed by atoms with E-state index >= 15 is 0 Å². The zero-order valence-corrected chi connectivity index (χ0v) is 12.7. The minimum atomic E-state index is -0.962. The minimum absolute atomic E-state index is 0.0466. The molecule has 2 fully saturated rings. The van der Waals surface area contributed by atoms with Crippen molar-refractivity contribution in [3.63, 3.8) is 0 Å². The minimum Gasteiger partial charge on any atom is -0.478 e. The lowest BCUT2D eigenvalue weighted by Gasteiger charge is -2.29. The molecule has 6 nitrogen and oxygen atoms in total. The van der Waals surface area contributed by atoms with Crippen LogP contribution in [0.4, 0.5) is 16.0 Å². The van der Waals surface area contributed by atoms with Gasteiger partial charge in [0, 0.05) is 43.4 Å². The summed E-state index contributed by atoms with van der Waals surface area (Å²) in [4.78, 5) is 19.6. The van der Waals surface area contributed by atoms with E-state index < -0.39 is 11.8 Å². The van der Waals surface area contributed by atoms with E-state index in [1.165, 1.54) is 6.07 Å². The van der Waals surface area contributed by atoms with Gasteiger partial charge in [0.25, 0.3) is 0 Å². The lowest BCUT2D eigenvalue weighted by atomic mass is 10.0. The van der Waals surface area contributed by atoms with Crippen LogP contribution in [0.2, 0.25) is 0 Å². The summed E-state index contributed by atoms with van der Waals surface area (Å²) >= 11 is 0. The molecular formula is C16H19FN4O2. The van der Waals surface area contributed by atoms with Crippen molar-refractivity contribution in [3.05, 3.63) is 29.2 Å². The molecule has 0 unspecified atom stereocenters. The van der Waals surface area contributed by atoms with Gasteiger partial charge in [0.1, 0.15) is 5.82 Å². The van der Waals surface area contributed by atoms with Gasteiger partial charge in [-0.1, -0.05) is 0 Å². The highest BCUT2D eigenvalue weighted by molar-refractivity contribution is 5.89. The summed E-state index contributed by atoms with van der Waals surface area (Å²) in [6.07, 6.45) is 4.70. The Balaban J connectivity index is 1.74. The SMILES string of the molecule is N[C@H]1CCN(c2nc3c(cc2F)CC(C(=O)O)=CN3C2CC2)C1. The van der Waals surface area contributed by atoms with Gasteiger partial charge in [0.15, 0.2) is 11.6 Å². The number of halogens is 1. The van der Waals surface area contributed by atoms with Gasteiger partial charge >= 0.3 is 5.97 Å². The molecular weight excluding hydrogens is 299 g/mol. The third-order valence-corrected chi connectivity index (χ3v) is 4.67. The first kappa shape index (κ1) is 14.4. The Labute approximate surface area is 133 Å². The monoisotopic (exact) mass is 318 g/mol. The zero-order chi connectivity index (χ0) is 16.1. The summed E-state index contributed by atoms with van der Waals surface area (Å²) in [5, 5.41) is 9.28. The molecule has 4 rings (SSSR count). The molecule has 3 heterocycles. The molecule has 3 aliphatic rings. The van der Waals surface area contributed by atoms with Crippen molar-refractivity contribution < 1.29 is 14.3 Å². The largest absolute Gasteiger partial charge is 0.478 e. The van der Waals surface area contributed by atoms with E-state index in [1.807, 2.05) is 9.80 Å². The fourth-order valence-electron chi connectivity index (χ4n) is 3.30. The summed E-state index contributed by atoms with van der Waals surface area (Å²) in [5.74, 6) is -0.347. The van der Waals surface area contributed by atoms with Crippen LogP contribution in [0.5, 0.6) is 0 Å². The molecule has 3 N–H and O–H groups in total. The molecule has 1 saturated carbocycles. The van der Waals surface area contributed by atoms with Crippen molar-refractivity contribution in [3.8, 4) is 0 Å². The number of aromatic nitrogens is 1. The standard InChI is InChI=1S/C16H19FN4O2/c17-13-6-9-5-10(16(22)23)7-21(12-1-2-12)14(9)19-15(13)20-4-3-11(18)8-20/h6-7,11-12H,1-5,8,18H2,(H,22,23)/t11-/m0/s1. The molecule has 0 bridgehead atoms. The normalized spacial score (nSPS) is 23.7. The highest BCUT2D eigenvalue weighted by Crippen LogP contribution is 2.39. The van der Waals surface area contributed by atoms with Crippen LogP contribution in [0.1, 0.15) is 24.8 Å². The van der Waals surface area contributed by atoms with Crippen LogP contribution in [0.3, 0.4) is 0 Å². The number of hydrogen-bond acceptors (Lipinski definition) is 5. The van der Waals surface area contributed by atoms with Gasteiger partial charge in [0.2, 0.25) is 0 Å².